The lowest BCUT2D eigenvalue weighted by molar-refractivity contribution is 0.303. The minimum atomic E-state index is 0.636. The Balaban J connectivity index is 1.96. The highest BCUT2D eigenvalue weighted by molar-refractivity contribution is 9.09. The van der Waals surface area contributed by atoms with Crippen molar-refractivity contribution < 1.29 is 4.74 Å². The Morgan fingerprint density at radius 1 is 1.39 bits per heavy atom. The lowest BCUT2D eigenvalue weighted by atomic mass is 9.99. The minimum absolute atomic E-state index is 0.636. The van der Waals surface area contributed by atoms with Gasteiger partial charge in [0.1, 0.15) is 0 Å². The van der Waals surface area contributed by atoms with Crippen molar-refractivity contribution in [1.82, 2.24) is 9.97 Å². The second-order valence-corrected chi connectivity index (χ2v) is 5.30. The minimum Gasteiger partial charge on any atom is -0.477 e. The monoisotopic (exact) mass is 313 g/mol. The Bertz CT molecular complexity index is 367. The van der Waals surface area contributed by atoms with E-state index in [1.807, 2.05) is 6.20 Å². The summed E-state index contributed by atoms with van der Waals surface area (Å²) in [6.45, 7) is 4.90. The van der Waals surface area contributed by atoms with Crippen molar-refractivity contribution in [2.24, 2.45) is 5.92 Å². The molecule has 2 rings (SSSR count). The van der Waals surface area contributed by atoms with Crippen molar-refractivity contribution in [2.45, 2.75) is 26.2 Å². The lowest BCUT2D eigenvalue weighted by Gasteiger charge is -2.31. The second kappa shape index (κ2) is 6.92. The maximum absolute atomic E-state index is 5.52. The van der Waals surface area contributed by atoms with E-state index in [2.05, 4.69) is 37.7 Å². The number of rotatable bonds is 5. The first-order valence-corrected chi connectivity index (χ1v) is 7.71. The molecule has 0 saturated carbocycles. The van der Waals surface area contributed by atoms with Crippen LogP contribution in [-0.4, -0.2) is 35.0 Å². The first-order chi connectivity index (χ1) is 8.83. The van der Waals surface area contributed by atoms with Gasteiger partial charge in [-0.1, -0.05) is 22.9 Å². The van der Waals surface area contributed by atoms with E-state index in [0.29, 0.717) is 12.5 Å². The van der Waals surface area contributed by atoms with Crippen LogP contribution in [0.25, 0.3) is 0 Å². The third kappa shape index (κ3) is 3.57. The van der Waals surface area contributed by atoms with Gasteiger partial charge in [-0.15, -0.1) is 0 Å². The summed E-state index contributed by atoms with van der Waals surface area (Å²) in [4.78, 5) is 11.0. The number of alkyl halides is 1. The van der Waals surface area contributed by atoms with Gasteiger partial charge in [-0.3, -0.25) is 4.98 Å². The van der Waals surface area contributed by atoms with E-state index in [1.165, 1.54) is 12.8 Å². The van der Waals surface area contributed by atoms with Crippen molar-refractivity contribution in [3.63, 3.8) is 0 Å². The van der Waals surface area contributed by atoms with Crippen LogP contribution in [0.3, 0.4) is 0 Å². The quantitative estimate of drug-likeness (QED) is 0.783. The van der Waals surface area contributed by atoms with Crippen LogP contribution >= 0.6 is 15.9 Å². The van der Waals surface area contributed by atoms with Crippen LogP contribution in [0.2, 0.25) is 0 Å². The number of ether oxygens (including phenoxy) is 1. The summed E-state index contributed by atoms with van der Waals surface area (Å²) < 4.78 is 5.52. The normalized spacial score (nSPS) is 16.9. The fraction of sp³-hybridized carbons (Fsp3) is 0.692. The van der Waals surface area contributed by atoms with E-state index in [9.17, 15) is 0 Å². The molecule has 100 valence electrons. The average Bonchev–Trinajstić information content (AvgIpc) is 2.45. The van der Waals surface area contributed by atoms with Crippen LogP contribution in [0.1, 0.15) is 26.2 Å². The highest BCUT2D eigenvalue weighted by atomic mass is 79.9. The molecule has 0 N–H and O–H groups in total. The van der Waals surface area contributed by atoms with Crippen LogP contribution in [0.15, 0.2) is 12.4 Å². The molecular formula is C13H20BrN3O. The SMILES string of the molecule is CCCOc1cncc(N2CCC(CBr)CC2)n1. The maximum Gasteiger partial charge on any atom is 0.234 e. The molecule has 1 aliphatic heterocycles. The Kier molecular flexibility index (Phi) is 5.23. The summed E-state index contributed by atoms with van der Waals surface area (Å²) in [6, 6.07) is 0. The van der Waals surface area contributed by atoms with Gasteiger partial charge in [-0.05, 0) is 25.2 Å². The van der Waals surface area contributed by atoms with Crippen LogP contribution in [-0.2, 0) is 0 Å². The maximum atomic E-state index is 5.52. The Morgan fingerprint density at radius 2 is 2.17 bits per heavy atom. The molecule has 0 bridgehead atoms. The first kappa shape index (κ1) is 13.6. The number of hydrogen-bond acceptors (Lipinski definition) is 4. The number of halogens is 1. The van der Waals surface area contributed by atoms with Crippen LogP contribution < -0.4 is 9.64 Å². The predicted octanol–water partition coefficient (Wildman–Crippen LogP) is 2.88. The Morgan fingerprint density at radius 3 is 2.83 bits per heavy atom. The first-order valence-electron chi connectivity index (χ1n) is 6.59. The molecule has 1 aliphatic rings. The van der Waals surface area contributed by atoms with Crippen molar-refractivity contribution in [2.75, 3.05) is 29.9 Å². The molecule has 1 saturated heterocycles. The zero-order valence-corrected chi connectivity index (χ0v) is 12.4. The molecule has 0 unspecified atom stereocenters. The molecule has 1 fully saturated rings. The summed E-state index contributed by atoms with van der Waals surface area (Å²) in [5, 5.41) is 1.10. The van der Waals surface area contributed by atoms with Crippen LogP contribution in [0, 0.1) is 5.92 Å². The second-order valence-electron chi connectivity index (χ2n) is 4.65. The molecule has 1 aromatic rings. The highest BCUT2D eigenvalue weighted by Gasteiger charge is 2.19. The smallest absolute Gasteiger partial charge is 0.234 e. The summed E-state index contributed by atoms with van der Waals surface area (Å²) >= 11 is 3.56. The van der Waals surface area contributed by atoms with Gasteiger partial charge in [0.15, 0.2) is 5.82 Å². The number of piperidine rings is 1. The molecule has 18 heavy (non-hydrogen) atoms. The topological polar surface area (TPSA) is 38.2 Å². The number of aromatic nitrogens is 2. The zero-order chi connectivity index (χ0) is 12.8. The standard InChI is InChI=1S/C13H20BrN3O/c1-2-7-18-13-10-15-9-12(16-13)17-5-3-11(8-14)4-6-17/h9-11H,2-8H2,1H3. The highest BCUT2D eigenvalue weighted by Crippen LogP contribution is 2.23. The number of nitrogens with zero attached hydrogens (tertiary/aromatic N) is 3. The Labute approximate surface area is 117 Å². The van der Waals surface area contributed by atoms with E-state index < -0.39 is 0 Å². The van der Waals surface area contributed by atoms with Gasteiger partial charge in [0.05, 0.1) is 19.0 Å². The fourth-order valence-electron chi connectivity index (χ4n) is 2.08. The molecular weight excluding hydrogens is 294 g/mol. The number of hydrogen-bond donors (Lipinski definition) is 0. The van der Waals surface area contributed by atoms with Gasteiger partial charge in [-0.2, -0.15) is 4.98 Å². The van der Waals surface area contributed by atoms with E-state index >= 15 is 0 Å². The fourth-order valence-corrected chi connectivity index (χ4v) is 2.73. The molecule has 0 spiro atoms. The van der Waals surface area contributed by atoms with Gasteiger partial charge < -0.3 is 9.64 Å². The molecule has 5 heteroatoms. The van der Waals surface area contributed by atoms with E-state index in [4.69, 9.17) is 4.74 Å². The lowest BCUT2D eigenvalue weighted by Crippen LogP contribution is -2.34. The molecule has 0 atom stereocenters. The van der Waals surface area contributed by atoms with Gasteiger partial charge in [0.2, 0.25) is 5.88 Å². The summed E-state index contributed by atoms with van der Waals surface area (Å²) in [5.74, 6) is 2.38. The molecule has 0 aromatic carbocycles. The van der Waals surface area contributed by atoms with Crippen molar-refractivity contribution in [1.29, 1.82) is 0 Å². The van der Waals surface area contributed by atoms with Gasteiger partial charge in [-0.25, -0.2) is 0 Å². The molecule has 2 heterocycles. The van der Waals surface area contributed by atoms with Gasteiger partial charge >= 0.3 is 0 Å². The zero-order valence-electron chi connectivity index (χ0n) is 10.8. The molecule has 0 aliphatic carbocycles. The van der Waals surface area contributed by atoms with Gasteiger partial charge in [0, 0.05) is 18.4 Å². The molecule has 0 radical (unpaired) electrons. The van der Waals surface area contributed by atoms with E-state index in [-0.39, 0.29) is 0 Å². The summed E-state index contributed by atoms with van der Waals surface area (Å²) in [7, 11) is 0. The van der Waals surface area contributed by atoms with Crippen LogP contribution in [0.5, 0.6) is 5.88 Å². The van der Waals surface area contributed by atoms with Crippen molar-refractivity contribution in [3.8, 4) is 5.88 Å². The van der Waals surface area contributed by atoms with Gasteiger partial charge in [0.25, 0.3) is 0 Å². The predicted molar refractivity (Wildman–Crippen MR) is 76.5 cm³/mol. The summed E-state index contributed by atoms with van der Waals surface area (Å²) in [5.41, 5.74) is 0. The third-order valence-electron chi connectivity index (χ3n) is 3.21. The van der Waals surface area contributed by atoms with Crippen molar-refractivity contribution in [3.05, 3.63) is 12.4 Å². The van der Waals surface area contributed by atoms with E-state index in [0.717, 1.165) is 36.6 Å². The van der Waals surface area contributed by atoms with Crippen molar-refractivity contribution >= 4 is 21.7 Å². The largest absolute Gasteiger partial charge is 0.477 e. The molecule has 1 aromatic heterocycles. The molecule has 0 amide bonds. The molecule has 4 nitrogen and oxygen atoms in total. The average molecular weight is 314 g/mol. The Hall–Kier alpha value is -0.840. The van der Waals surface area contributed by atoms with Crippen LogP contribution in [0.4, 0.5) is 5.82 Å². The number of anilines is 1. The van der Waals surface area contributed by atoms with E-state index in [1.54, 1.807) is 6.20 Å². The summed E-state index contributed by atoms with van der Waals surface area (Å²) in [6.07, 6.45) is 6.93. The third-order valence-corrected chi connectivity index (χ3v) is 4.13.